The number of aryl methyl sites for hydroxylation is 2. The molecule has 3 aromatic heterocycles. The number of rotatable bonds is 9. The third-order valence-electron chi connectivity index (χ3n) is 5.58. The quantitative estimate of drug-likeness (QED) is 0.352. The van der Waals surface area contributed by atoms with Gasteiger partial charge in [-0.1, -0.05) is 49.2 Å². The van der Waals surface area contributed by atoms with Gasteiger partial charge in [-0.05, 0) is 42.1 Å². The Morgan fingerprint density at radius 2 is 1.79 bits per heavy atom. The largest absolute Gasteiger partial charge is 0.339 e. The minimum Gasteiger partial charge on any atom is -0.339 e. The molecule has 0 aliphatic rings. The highest BCUT2D eigenvalue weighted by molar-refractivity contribution is 6.30. The molecule has 1 N–H and O–H groups in total. The maximum absolute atomic E-state index is 13.0. The fraction of sp³-hybridized carbons (Fsp3) is 0.409. The van der Waals surface area contributed by atoms with Crippen molar-refractivity contribution in [3.8, 4) is 0 Å². The van der Waals surface area contributed by atoms with Gasteiger partial charge >= 0.3 is 5.69 Å². The lowest BCUT2D eigenvalue weighted by molar-refractivity contribution is 0.365. The first kappa shape index (κ1) is 23.3. The lowest BCUT2D eigenvalue weighted by Crippen LogP contribution is -2.40. The van der Waals surface area contributed by atoms with Crippen LogP contribution >= 0.6 is 23.2 Å². The number of benzene rings is 1. The van der Waals surface area contributed by atoms with Crippen molar-refractivity contribution in [1.29, 1.82) is 0 Å². The number of nitrogens with zero attached hydrogens (tertiary/aromatic N) is 5. The first-order valence-electron chi connectivity index (χ1n) is 10.9. The summed E-state index contributed by atoms with van der Waals surface area (Å²) in [4.78, 5) is 37.2. The summed E-state index contributed by atoms with van der Waals surface area (Å²) < 4.78 is 8.10. The third kappa shape index (κ3) is 4.89. The van der Waals surface area contributed by atoms with Gasteiger partial charge in [-0.3, -0.25) is 13.9 Å². The average molecular weight is 491 g/mol. The second-order valence-electron chi connectivity index (χ2n) is 7.89. The van der Waals surface area contributed by atoms with E-state index in [1.165, 1.54) is 9.13 Å². The molecular formula is C22H24Cl2N6O3. The lowest BCUT2D eigenvalue weighted by Gasteiger charge is -2.10. The molecule has 0 aliphatic carbocycles. The van der Waals surface area contributed by atoms with Crippen LogP contribution in [0.2, 0.25) is 10.3 Å². The zero-order chi connectivity index (χ0) is 23.5. The summed E-state index contributed by atoms with van der Waals surface area (Å²) in [7, 11) is 0. The van der Waals surface area contributed by atoms with Crippen LogP contribution in [0.25, 0.3) is 11.2 Å². The Kier molecular flexibility index (Phi) is 6.99. The second-order valence-corrected chi connectivity index (χ2v) is 8.69. The standard InChI is InChI=1S/C22H24Cl2N6O3/c1-3-4-11-29-19-17(26-21(24)27-19)20(31)30(22(29)32)12-5-6-16-25-18(28-33-16)13(2)14-7-9-15(23)10-8-14/h7-10,13H,3-6,11-12H2,1-2H3,(H,26,27). The van der Waals surface area contributed by atoms with E-state index in [1.54, 1.807) is 0 Å². The van der Waals surface area contributed by atoms with E-state index in [0.29, 0.717) is 36.1 Å². The van der Waals surface area contributed by atoms with Crippen LogP contribution in [0.3, 0.4) is 0 Å². The monoisotopic (exact) mass is 490 g/mol. The number of fused-ring (bicyclic) bond motifs is 1. The van der Waals surface area contributed by atoms with Crippen LogP contribution in [-0.2, 0) is 19.5 Å². The van der Waals surface area contributed by atoms with Gasteiger partial charge in [0.15, 0.2) is 17.0 Å². The van der Waals surface area contributed by atoms with E-state index in [2.05, 4.69) is 20.1 Å². The van der Waals surface area contributed by atoms with Crippen LogP contribution in [0, 0.1) is 0 Å². The second kappa shape index (κ2) is 9.93. The predicted octanol–water partition coefficient (Wildman–Crippen LogP) is 4.16. The summed E-state index contributed by atoms with van der Waals surface area (Å²) in [5.74, 6) is 0.969. The van der Waals surface area contributed by atoms with Crippen LogP contribution in [0.5, 0.6) is 0 Å². The topological polar surface area (TPSA) is 112 Å². The van der Waals surface area contributed by atoms with E-state index in [1.807, 2.05) is 38.1 Å². The minimum atomic E-state index is -0.440. The Morgan fingerprint density at radius 1 is 1.06 bits per heavy atom. The van der Waals surface area contributed by atoms with Gasteiger partial charge < -0.3 is 9.51 Å². The molecule has 0 saturated heterocycles. The van der Waals surface area contributed by atoms with Gasteiger partial charge in [-0.15, -0.1) is 0 Å². The highest BCUT2D eigenvalue weighted by Gasteiger charge is 2.18. The number of nitrogens with one attached hydrogen (secondary N) is 1. The number of imidazole rings is 1. The molecule has 0 saturated carbocycles. The van der Waals surface area contributed by atoms with Crippen molar-refractivity contribution in [2.24, 2.45) is 0 Å². The van der Waals surface area contributed by atoms with Crippen molar-refractivity contribution in [2.45, 2.75) is 58.5 Å². The Hall–Kier alpha value is -2.91. The molecular weight excluding hydrogens is 467 g/mol. The molecule has 11 heteroatoms. The molecule has 0 amide bonds. The molecule has 33 heavy (non-hydrogen) atoms. The van der Waals surface area contributed by atoms with Gasteiger partial charge in [0.2, 0.25) is 11.2 Å². The molecule has 0 spiro atoms. The van der Waals surface area contributed by atoms with Gasteiger partial charge in [0.1, 0.15) is 0 Å². The smallest absolute Gasteiger partial charge is 0.332 e. The maximum atomic E-state index is 13.0. The summed E-state index contributed by atoms with van der Waals surface area (Å²) in [6.07, 6.45) is 2.60. The summed E-state index contributed by atoms with van der Waals surface area (Å²) in [6, 6.07) is 7.50. The molecule has 0 fully saturated rings. The highest BCUT2D eigenvalue weighted by atomic mass is 35.5. The summed E-state index contributed by atoms with van der Waals surface area (Å²) in [6.45, 7) is 4.69. The van der Waals surface area contributed by atoms with Crippen molar-refractivity contribution in [3.05, 3.63) is 72.7 Å². The van der Waals surface area contributed by atoms with Crippen LogP contribution in [-0.4, -0.2) is 29.2 Å². The van der Waals surface area contributed by atoms with Crippen LogP contribution in [0.4, 0.5) is 0 Å². The number of H-pyrrole nitrogens is 1. The molecule has 0 aliphatic heterocycles. The Balaban J connectivity index is 1.50. The maximum Gasteiger partial charge on any atom is 0.332 e. The van der Waals surface area contributed by atoms with E-state index in [-0.39, 0.29) is 28.9 Å². The molecule has 1 aromatic carbocycles. The molecule has 9 nitrogen and oxygen atoms in total. The summed E-state index contributed by atoms with van der Waals surface area (Å²) >= 11 is 11.9. The summed E-state index contributed by atoms with van der Waals surface area (Å²) in [5, 5.41) is 4.83. The van der Waals surface area contributed by atoms with Crippen LogP contribution < -0.4 is 11.2 Å². The number of aromatic nitrogens is 6. The zero-order valence-corrected chi connectivity index (χ0v) is 19.9. The first-order chi connectivity index (χ1) is 15.9. The molecule has 1 unspecified atom stereocenters. The molecule has 0 bridgehead atoms. The predicted molar refractivity (Wildman–Crippen MR) is 126 cm³/mol. The van der Waals surface area contributed by atoms with Gasteiger partial charge in [0.05, 0.1) is 0 Å². The van der Waals surface area contributed by atoms with E-state index < -0.39 is 11.2 Å². The SMILES string of the molecule is CCCCn1c(=O)n(CCCc2nc(C(C)c3ccc(Cl)cc3)no2)c(=O)c2[nH]c(Cl)nc21. The first-order valence-corrected chi connectivity index (χ1v) is 11.6. The third-order valence-corrected chi connectivity index (χ3v) is 6.01. The van der Waals surface area contributed by atoms with E-state index >= 15 is 0 Å². The van der Waals surface area contributed by atoms with Gasteiger partial charge in [-0.2, -0.15) is 9.97 Å². The van der Waals surface area contributed by atoms with Crippen LogP contribution in [0.1, 0.15) is 56.3 Å². The number of unbranched alkanes of at least 4 members (excludes halogenated alkanes) is 1. The lowest BCUT2D eigenvalue weighted by atomic mass is 10.0. The molecule has 4 aromatic rings. The number of halogens is 2. The molecule has 0 radical (unpaired) electrons. The van der Waals surface area contributed by atoms with Gasteiger partial charge in [0, 0.05) is 30.5 Å². The Morgan fingerprint density at radius 3 is 2.52 bits per heavy atom. The van der Waals surface area contributed by atoms with E-state index in [4.69, 9.17) is 27.7 Å². The van der Waals surface area contributed by atoms with Crippen molar-refractivity contribution < 1.29 is 4.52 Å². The summed E-state index contributed by atoms with van der Waals surface area (Å²) in [5.41, 5.74) is 0.707. The van der Waals surface area contributed by atoms with Gasteiger partial charge in [0.25, 0.3) is 5.56 Å². The molecule has 3 heterocycles. The van der Waals surface area contributed by atoms with E-state index in [0.717, 1.165) is 18.4 Å². The molecule has 4 rings (SSSR count). The van der Waals surface area contributed by atoms with Crippen molar-refractivity contribution >= 4 is 34.4 Å². The zero-order valence-electron chi connectivity index (χ0n) is 18.3. The number of hydrogen-bond acceptors (Lipinski definition) is 6. The van der Waals surface area contributed by atoms with Crippen molar-refractivity contribution in [2.75, 3.05) is 0 Å². The molecule has 1 atom stereocenters. The normalized spacial score (nSPS) is 12.5. The fourth-order valence-corrected chi connectivity index (χ4v) is 3.99. The van der Waals surface area contributed by atoms with Crippen molar-refractivity contribution in [3.63, 3.8) is 0 Å². The number of hydrogen-bond donors (Lipinski definition) is 1. The Labute approximate surface area is 199 Å². The van der Waals surface area contributed by atoms with Gasteiger partial charge in [-0.25, -0.2) is 4.79 Å². The minimum absolute atomic E-state index is 0.0549. The van der Waals surface area contributed by atoms with E-state index in [9.17, 15) is 9.59 Å². The number of aromatic amines is 1. The van der Waals surface area contributed by atoms with Crippen LogP contribution in [0.15, 0.2) is 38.4 Å². The Bertz CT molecular complexity index is 1370. The average Bonchev–Trinajstić information content (AvgIpc) is 3.43. The highest BCUT2D eigenvalue weighted by Crippen LogP contribution is 2.23. The molecule has 174 valence electrons. The van der Waals surface area contributed by atoms with Crippen molar-refractivity contribution in [1.82, 2.24) is 29.2 Å². The fourth-order valence-electron chi connectivity index (χ4n) is 3.69.